The van der Waals surface area contributed by atoms with Gasteiger partial charge in [-0.3, -0.25) is 0 Å². The number of hydrogen-bond acceptors (Lipinski definition) is 0. The van der Waals surface area contributed by atoms with Crippen LogP contribution in [0, 0.1) is 0 Å². The summed E-state index contributed by atoms with van der Waals surface area (Å²) in [6, 6.07) is 80.6. The van der Waals surface area contributed by atoms with E-state index < -0.39 is 5.41 Å². The van der Waals surface area contributed by atoms with E-state index in [1.807, 2.05) is 0 Å². The summed E-state index contributed by atoms with van der Waals surface area (Å²) in [5.41, 5.74) is 16.7. The molecule has 0 fully saturated rings. The highest BCUT2D eigenvalue weighted by Gasteiger charge is 2.45. The van der Waals surface area contributed by atoms with E-state index in [4.69, 9.17) is 0 Å². The van der Waals surface area contributed by atoms with E-state index in [-0.39, 0.29) is 0 Å². The molecule has 0 unspecified atom stereocenters. The molecule has 2 heterocycles. The van der Waals surface area contributed by atoms with Crippen LogP contribution in [0.15, 0.2) is 218 Å². The fourth-order valence-corrected chi connectivity index (χ4v) is 10.0. The van der Waals surface area contributed by atoms with Gasteiger partial charge in [-0.15, -0.1) is 0 Å². The van der Waals surface area contributed by atoms with Gasteiger partial charge in [-0.2, -0.15) is 0 Å². The van der Waals surface area contributed by atoms with E-state index in [1.54, 1.807) is 0 Å². The molecule has 2 aromatic heterocycles. The molecule has 57 heavy (non-hydrogen) atoms. The van der Waals surface area contributed by atoms with Gasteiger partial charge >= 0.3 is 0 Å². The van der Waals surface area contributed by atoms with Crippen LogP contribution in [-0.2, 0) is 5.41 Å². The van der Waals surface area contributed by atoms with Gasteiger partial charge in [0.25, 0.3) is 0 Å². The highest BCUT2D eigenvalue weighted by atomic mass is 15.0. The van der Waals surface area contributed by atoms with Crippen molar-refractivity contribution in [2.24, 2.45) is 0 Å². The predicted molar refractivity (Wildman–Crippen MR) is 238 cm³/mol. The largest absolute Gasteiger partial charge is 0.309 e. The van der Waals surface area contributed by atoms with Crippen LogP contribution in [0.4, 0.5) is 0 Å². The molecule has 0 N–H and O–H groups in total. The lowest BCUT2D eigenvalue weighted by Gasteiger charge is -2.34. The molecule has 266 valence electrons. The Morgan fingerprint density at radius 2 is 0.649 bits per heavy atom. The van der Waals surface area contributed by atoms with E-state index in [0.717, 1.165) is 11.4 Å². The average Bonchev–Trinajstić information content (AvgIpc) is 3.91. The van der Waals surface area contributed by atoms with Gasteiger partial charge in [-0.25, -0.2) is 0 Å². The molecule has 0 atom stereocenters. The number of aromatic nitrogens is 2. The Morgan fingerprint density at radius 1 is 0.281 bits per heavy atom. The Morgan fingerprint density at radius 3 is 1.11 bits per heavy atom. The molecule has 1 aliphatic rings. The van der Waals surface area contributed by atoms with Crippen molar-refractivity contribution in [3.05, 3.63) is 241 Å². The van der Waals surface area contributed by atoms with Crippen molar-refractivity contribution < 1.29 is 0 Å². The Balaban J connectivity index is 1.11. The highest BCUT2D eigenvalue weighted by molar-refractivity contribution is 6.10. The van der Waals surface area contributed by atoms with Crippen molar-refractivity contribution in [2.45, 2.75) is 5.41 Å². The van der Waals surface area contributed by atoms with Gasteiger partial charge < -0.3 is 9.13 Å². The first-order valence-electron chi connectivity index (χ1n) is 19.8. The standard InChI is InChI=1S/C55H36N2/c1-2-16-39(17-3-1)55(49-24-10-4-18-43(49)44-19-5-11-25-50(44)55)40-32-30-37(31-33-40)38-34-41(56-51-26-12-6-20-45(51)46-21-7-13-27-52(46)56)36-42(35-38)57-53-28-14-8-22-47(53)48-23-9-15-29-54(48)57/h1-36H. The van der Waals surface area contributed by atoms with Gasteiger partial charge in [0.05, 0.1) is 27.5 Å². The van der Waals surface area contributed by atoms with E-state index in [2.05, 4.69) is 228 Å². The lowest BCUT2D eigenvalue weighted by molar-refractivity contribution is 0.768. The summed E-state index contributed by atoms with van der Waals surface area (Å²) in [6.45, 7) is 0. The summed E-state index contributed by atoms with van der Waals surface area (Å²) in [4.78, 5) is 0. The molecular weight excluding hydrogens is 689 g/mol. The van der Waals surface area contributed by atoms with Gasteiger partial charge in [0.1, 0.15) is 0 Å². The van der Waals surface area contributed by atoms with E-state index in [0.29, 0.717) is 0 Å². The lowest BCUT2D eigenvalue weighted by atomic mass is 9.67. The first kappa shape index (κ1) is 31.9. The predicted octanol–water partition coefficient (Wildman–Crippen LogP) is 13.9. The van der Waals surface area contributed by atoms with Crippen molar-refractivity contribution in [3.63, 3.8) is 0 Å². The number of nitrogens with zero attached hydrogens (tertiary/aromatic N) is 2. The normalized spacial score (nSPS) is 13.1. The van der Waals surface area contributed by atoms with Crippen LogP contribution < -0.4 is 0 Å². The van der Waals surface area contributed by atoms with Crippen molar-refractivity contribution in [3.8, 4) is 33.6 Å². The Bertz CT molecular complexity index is 3060. The minimum atomic E-state index is -0.439. The first-order chi connectivity index (χ1) is 28.3. The molecule has 0 amide bonds. The number of hydrogen-bond donors (Lipinski definition) is 0. The van der Waals surface area contributed by atoms with Crippen LogP contribution >= 0.6 is 0 Å². The summed E-state index contributed by atoms with van der Waals surface area (Å²) in [6.07, 6.45) is 0. The molecule has 12 rings (SSSR count). The SMILES string of the molecule is c1ccc(C2(c3ccc(-c4cc(-n5c6ccccc6c6ccccc65)cc(-n5c6ccccc6c6ccccc65)c4)cc3)c3ccccc3-c3ccccc32)cc1. The second-order valence-electron chi connectivity index (χ2n) is 15.3. The molecule has 0 radical (unpaired) electrons. The third-order valence-corrected chi connectivity index (χ3v) is 12.4. The van der Waals surface area contributed by atoms with E-state index >= 15 is 0 Å². The smallest absolute Gasteiger partial charge is 0.0713 e. The van der Waals surface area contributed by atoms with Gasteiger partial charge in [0.2, 0.25) is 0 Å². The quantitative estimate of drug-likeness (QED) is 0.167. The van der Waals surface area contributed by atoms with Crippen LogP contribution in [0.3, 0.4) is 0 Å². The molecule has 0 saturated heterocycles. The first-order valence-corrected chi connectivity index (χ1v) is 19.8. The monoisotopic (exact) mass is 724 g/mol. The van der Waals surface area contributed by atoms with Crippen LogP contribution in [0.5, 0.6) is 0 Å². The number of para-hydroxylation sites is 4. The second-order valence-corrected chi connectivity index (χ2v) is 15.3. The van der Waals surface area contributed by atoms with Gasteiger partial charge in [-0.05, 0) is 87.0 Å². The molecule has 1 aliphatic carbocycles. The third kappa shape index (κ3) is 4.53. The summed E-state index contributed by atoms with van der Waals surface area (Å²) in [5.74, 6) is 0. The minimum absolute atomic E-state index is 0.439. The molecule has 2 nitrogen and oxygen atoms in total. The van der Waals surface area contributed by atoms with Crippen LogP contribution in [0.2, 0.25) is 0 Å². The summed E-state index contributed by atoms with van der Waals surface area (Å²) >= 11 is 0. The zero-order chi connectivity index (χ0) is 37.5. The second kappa shape index (κ2) is 12.3. The van der Waals surface area contributed by atoms with Crippen molar-refractivity contribution in [1.82, 2.24) is 9.13 Å². The fourth-order valence-electron chi connectivity index (χ4n) is 10.0. The summed E-state index contributed by atoms with van der Waals surface area (Å²) < 4.78 is 4.88. The van der Waals surface area contributed by atoms with Crippen molar-refractivity contribution >= 4 is 43.6 Å². The third-order valence-electron chi connectivity index (χ3n) is 12.4. The summed E-state index contributed by atoms with van der Waals surface area (Å²) in [5, 5.41) is 5.02. The highest BCUT2D eigenvalue weighted by Crippen LogP contribution is 2.56. The summed E-state index contributed by atoms with van der Waals surface area (Å²) in [7, 11) is 0. The lowest BCUT2D eigenvalue weighted by Crippen LogP contribution is -2.28. The van der Waals surface area contributed by atoms with Gasteiger partial charge in [0, 0.05) is 32.9 Å². The molecule has 2 heteroatoms. The number of benzene rings is 9. The molecule has 0 aliphatic heterocycles. The van der Waals surface area contributed by atoms with Crippen LogP contribution in [0.25, 0.3) is 77.2 Å². The maximum absolute atomic E-state index is 2.44. The maximum Gasteiger partial charge on any atom is 0.0713 e. The average molecular weight is 725 g/mol. The Labute approximate surface area is 331 Å². The molecular formula is C55H36N2. The molecule has 0 bridgehead atoms. The Hall–Kier alpha value is -7.42. The van der Waals surface area contributed by atoms with E-state index in [9.17, 15) is 0 Å². The fraction of sp³-hybridized carbons (Fsp3) is 0.0182. The van der Waals surface area contributed by atoms with Crippen LogP contribution in [0.1, 0.15) is 22.3 Å². The minimum Gasteiger partial charge on any atom is -0.309 e. The van der Waals surface area contributed by atoms with Crippen molar-refractivity contribution in [2.75, 3.05) is 0 Å². The maximum atomic E-state index is 2.44. The zero-order valence-corrected chi connectivity index (χ0v) is 31.2. The zero-order valence-electron chi connectivity index (χ0n) is 31.2. The van der Waals surface area contributed by atoms with E-state index in [1.165, 1.54) is 88.1 Å². The topological polar surface area (TPSA) is 9.86 Å². The Kier molecular flexibility index (Phi) is 6.88. The molecule has 0 spiro atoms. The number of fused-ring (bicyclic) bond motifs is 9. The molecule has 9 aromatic carbocycles. The van der Waals surface area contributed by atoms with Gasteiger partial charge in [-0.1, -0.05) is 176 Å². The molecule has 0 saturated carbocycles. The number of rotatable bonds is 5. The molecule has 11 aromatic rings. The van der Waals surface area contributed by atoms with Crippen molar-refractivity contribution in [1.29, 1.82) is 0 Å². The van der Waals surface area contributed by atoms with Crippen LogP contribution in [-0.4, -0.2) is 9.13 Å². The van der Waals surface area contributed by atoms with Gasteiger partial charge in [0.15, 0.2) is 0 Å².